The number of nitrogen functional groups attached to an aromatic ring is 1. The van der Waals surface area contributed by atoms with Crippen molar-refractivity contribution < 1.29 is 9.90 Å². The molecular formula is C22H23N3O2. The van der Waals surface area contributed by atoms with Crippen molar-refractivity contribution in [2.75, 3.05) is 5.73 Å². The van der Waals surface area contributed by atoms with Gasteiger partial charge in [0.05, 0.1) is 11.4 Å². The molecule has 0 atom stereocenters. The molecule has 5 heteroatoms. The zero-order valence-electron chi connectivity index (χ0n) is 15.2. The molecule has 0 aliphatic heterocycles. The normalized spacial score (nSPS) is 17.2. The highest BCUT2D eigenvalue weighted by atomic mass is 16.4. The van der Waals surface area contributed by atoms with Crippen molar-refractivity contribution in [1.82, 2.24) is 9.55 Å². The number of aromatic carboxylic acids is 1. The van der Waals surface area contributed by atoms with E-state index in [4.69, 9.17) is 5.73 Å². The highest BCUT2D eigenvalue weighted by molar-refractivity contribution is 6.01. The van der Waals surface area contributed by atoms with Crippen molar-refractivity contribution >= 4 is 22.6 Å². The Labute approximate surface area is 157 Å². The maximum atomic E-state index is 11.9. The molecule has 2 aliphatic carbocycles. The Morgan fingerprint density at radius 2 is 2.04 bits per heavy atom. The third kappa shape index (κ3) is 2.78. The number of carboxylic acid groups (broad SMARTS) is 1. The van der Waals surface area contributed by atoms with Gasteiger partial charge >= 0.3 is 5.97 Å². The molecule has 0 saturated heterocycles. The lowest BCUT2D eigenvalue weighted by atomic mass is 9.85. The predicted molar refractivity (Wildman–Crippen MR) is 106 cm³/mol. The van der Waals surface area contributed by atoms with Crippen molar-refractivity contribution in [3.8, 4) is 11.3 Å². The van der Waals surface area contributed by atoms with Crippen molar-refractivity contribution in [2.45, 2.75) is 44.6 Å². The number of anilines is 1. The monoisotopic (exact) mass is 361 g/mol. The van der Waals surface area contributed by atoms with Crippen LogP contribution in [0.1, 0.15) is 53.9 Å². The summed E-state index contributed by atoms with van der Waals surface area (Å²) in [5.41, 5.74) is 10.1. The summed E-state index contributed by atoms with van der Waals surface area (Å²) in [7, 11) is 0. The first-order valence-corrected chi connectivity index (χ1v) is 9.72. The molecule has 3 aromatic rings. The third-order valence-corrected chi connectivity index (χ3v) is 6.10. The quantitative estimate of drug-likeness (QED) is 0.692. The summed E-state index contributed by atoms with van der Waals surface area (Å²) >= 11 is 0. The fourth-order valence-electron chi connectivity index (χ4n) is 4.16. The van der Waals surface area contributed by atoms with Crippen LogP contribution in [0.2, 0.25) is 0 Å². The van der Waals surface area contributed by atoms with E-state index in [1.165, 1.54) is 24.8 Å². The Morgan fingerprint density at radius 1 is 1.22 bits per heavy atom. The van der Waals surface area contributed by atoms with Crippen LogP contribution in [0.5, 0.6) is 0 Å². The van der Waals surface area contributed by atoms with E-state index < -0.39 is 5.97 Å². The van der Waals surface area contributed by atoms with E-state index in [1.54, 1.807) is 6.20 Å². The number of nitrogens with two attached hydrogens (primary N) is 1. The number of aromatic nitrogens is 2. The molecule has 5 rings (SSSR count). The average Bonchev–Trinajstić information content (AvgIpc) is 3.37. The van der Waals surface area contributed by atoms with Crippen molar-refractivity contribution in [3.63, 3.8) is 0 Å². The van der Waals surface area contributed by atoms with E-state index in [-0.39, 0.29) is 5.56 Å². The predicted octanol–water partition coefficient (Wildman–Crippen LogP) is 4.66. The Balaban J connectivity index is 1.56. The summed E-state index contributed by atoms with van der Waals surface area (Å²) in [5.74, 6) is 0.142. The molecule has 3 N–H and O–H groups in total. The van der Waals surface area contributed by atoms with E-state index in [9.17, 15) is 9.90 Å². The Hall–Kier alpha value is -2.82. The van der Waals surface area contributed by atoms with Gasteiger partial charge in [-0.2, -0.15) is 0 Å². The van der Waals surface area contributed by atoms with Gasteiger partial charge < -0.3 is 15.4 Å². The topological polar surface area (TPSA) is 81.1 Å². The molecule has 0 unspecified atom stereocenters. The van der Waals surface area contributed by atoms with Crippen LogP contribution < -0.4 is 5.73 Å². The summed E-state index contributed by atoms with van der Waals surface area (Å²) in [6, 6.07) is 8.16. The highest BCUT2D eigenvalue weighted by Gasteiger charge is 2.30. The van der Waals surface area contributed by atoms with E-state index >= 15 is 0 Å². The molecule has 2 fully saturated rings. The molecule has 27 heavy (non-hydrogen) atoms. The van der Waals surface area contributed by atoms with Gasteiger partial charge in [-0.25, -0.2) is 4.79 Å². The third-order valence-electron chi connectivity index (χ3n) is 6.10. The first-order valence-electron chi connectivity index (χ1n) is 9.72. The number of carbonyl (C=O) groups is 1. The maximum Gasteiger partial charge on any atom is 0.340 e. The number of nitrogens with zero attached hydrogens (tertiary/aromatic N) is 2. The van der Waals surface area contributed by atoms with E-state index in [0.29, 0.717) is 17.3 Å². The zero-order valence-corrected chi connectivity index (χ0v) is 15.2. The van der Waals surface area contributed by atoms with Crippen molar-refractivity contribution in [2.24, 2.45) is 5.92 Å². The Morgan fingerprint density at radius 3 is 2.70 bits per heavy atom. The zero-order chi connectivity index (χ0) is 18.5. The fraction of sp³-hybridized carbons (Fsp3) is 0.364. The molecule has 2 saturated carbocycles. The minimum Gasteiger partial charge on any atom is -0.478 e. The van der Waals surface area contributed by atoms with Crippen molar-refractivity contribution in [1.29, 1.82) is 0 Å². The molecule has 0 amide bonds. The van der Waals surface area contributed by atoms with Crippen molar-refractivity contribution in [3.05, 3.63) is 47.8 Å². The molecule has 1 aromatic carbocycles. The van der Waals surface area contributed by atoms with Gasteiger partial charge in [0.2, 0.25) is 0 Å². The number of carboxylic acids is 1. The number of rotatable bonds is 5. The molecule has 0 spiro atoms. The summed E-state index contributed by atoms with van der Waals surface area (Å²) in [6.45, 7) is 1.06. The first kappa shape index (κ1) is 16.4. The average molecular weight is 361 g/mol. The van der Waals surface area contributed by atoms with Crippen LogP contribution in [0.15, 0.2) is 36.7 Å². The molecule has 0 radical (unpaired) electrons. The molecule has 2 aliphatic rings. The summed E-state index contributed by atoms with van der Waals surface area (Å²) in [5, 5.41) is 10.9. The second-order valence-electron chi connectivity index (χ2n) is 7.97. The minimum atomic E-state index is -1.01. The highest BCUT2D eigenvalue weighted by Crippen LogP contribution is 2.44. The SMILES string of the molecule is Nc1c(C2CC2)cnc(-c2ccc3c(ccn3CC3CCC3)c2)c1C(=O)O. The van der Waals surface area contributed by atoms with E-state index in [1.807, 2.05) is 12.1 Å². The molecule has 138 valence electrons. The summed E-state index contributed by atoms with van der Waals surface area (Å²) < 4.78 is 2.30. The number of benzene rings is 1. The van der Waals surface area contributed by atoms with Gasteiger partial charge in [0.25, 0.3) is 0 Å². The van der Waals surface area contributed by atoms with Gasteiger partial charge in [-0.05, 0) is 61.3 Å². The van der Waals surface area contributed by atoms with Gasteiger partial charge in [0, 0.05) is 35.4 Å². The Bertz CT molecular complexity index is 1050. The van der Waals surface area contributed by atoms with Crippen LogP contribution in [0.25, 0.3) is 22.2 Å². The van der Waals surface area contributed by atoms with Crippen LogP contribution in [-0.2, 0) is 6.54 Å². The van der Waals surface area contributed by atoms with Gasteiger partial charge in [0.1, 0.15) is 5.56 Å². The second-order valence-corrected chi connectivity index (χ2v) is 7.97. The van der Waals surface area contributed by atoms with Crippen LogP contribution in [0, 0.1) is 5.92 Å². The lowest BCUT2D eigenvalue weighted by Crippen LogP contribution is -2.17. The Kier molecular flexibility index (Phi) is 3.71. The molecule has 5 nitrogen and oxygen atoms in total. The first-order chi connectivity index (χ1) is 13.1. The van der Waals surface area contributed by atoms with Gasteiger partial charge in [-0.3, -0.25) is 4.98 Å². The lowest BCUT2D eigenvalue weighted by Gasteiger charge is -2.26. The van der Waals surface area contributed by atoms with Crippen LogP contribution in [0.3, 0.4) is 0 Å². The van der Waals surface area contributed by atoms with Gasteiger partial charge in [0.15, 0.2) is 0 Å². The maximum absolute atomic E-state index is 11.9. The number of fused-ring (bicyclic) bond motifs is 1. The molecular weight excluding hydrogens is 338 g/mol. The molecule has 0 bridgehead atoms. The van der Waals surface area contributed by atoms with Gasteiger partial charge in [-0.15, -0.1) is 0 Å². The van der Waals surface area contributed by atoms with Crippen LogP contribution in [0.4, 0.5) is 5.69 Å². The minimum absolute atomic E-state index is 0.132. The van der Waals surface area contributed by atoms with Gasteiger partial charge in [-0.1, -0.05) is 12.5 Å². The summed E-state index contributed by atoms with van der Waals surface area (Å²) in [6.07, 6.45) is 9.99. The van der Waals surface area contributed by atoms with Crippen LogP contribution >= 0.6 is 0 Å². The number of hydrogen-bond acceptors (Lipinski definition) is 3. The standard InChI is InChI=1S/C22H23N3O2/c23-20-17(14-4-5-14)11-24-21(19(20)22(26)27)16-6-7-18-15(10-16)8-9-25(18)12-13-2-1-3-13/h6-11,13-14H,1-5,12H2,(H2,23,24)(H,26,27). The lowest BCUT2D eigenvalue weighted by molar-refractivity contribution is 0.0698. The smallest absolute Gasteiger partial charge is 0.340 e. The van der Waals surface area contributed by atoms with E-state index in [0.717, 1.165) is 41.8 Å². The molecule has 2 heterocycles. The number of hydrogen-bond donors (Lipinski definition) is 2. The molecule has 2 aromatic heterocycles. The summed E-state index contributed by atoms with van der Waals surface area (Å²) in [4.78, 5) is 16.4. The number of pyridine rings is 1. The van der Waals surface area contributed by atoms with E-state index in [2.05, 4.69) is 27.9 Å². The fourth-order valence-corrected chi connectivity index (χ4v) is 4.16. The second kappa shape index (κ2) is 6.12. The van der Waals surface area contributed by atoms with Crippen LogP contribution in [-0.4, -0.2) is 20.6 Å². The largest absolute Gasteiger partial charge is 0.478 e.